The van der Waals surface area contributed by atoms with E-state index < -0.39 is 0 Å². The minimum atomic E-state index is -0.283. The Bertz CT molecular complexity index is 482. The number of carbonyl (C=O) groups excluding carboxylic acids is 1. The normalized spacial score (nSPS) is 23.5. The first-order chi connectivity index (χ1) is 9.99. The molecule has 1 N–H and O–H groups in total. The molecule has 0 bridgehead atoms. The summed E-state index contributed by atoms with van der Waals surface area (Å²) in [6, 6.07) is 7.31. The van der Waals surface area contributed by atoms with Gasteiger partial charge in [0.25, 0.3) is 0 Å². The van der Waals surface area contributed by atoms with Crippen LogP contribution in [0, 0.1) is 0 Å². The summed E-state index contributed by atoms with van der Waals surface area (Å²) < 4.78 is 10.9. The Balaban J connectivity index is 1.98. The molecule has 1 aliphatic heterocycles. The van der Waals surface area contributed by atoms with Gasteiger partial charge in [0.1, 0.15) is 11.8 Å². The van der Waals surface area contributed by atoms with Crippen LogP contribution in [0.15, 0.2) is 24.3 Å². The van der Waals surface area contributed by atoms with Crippen molar-refractivity contribution in [2.75, 3.05) is 25.5 Å². The van der Waals surface area contributed by atoms with Gasteiger partial charge in [0.15, 0.2) is 0 Å². The Morgan fingerprint density at radius 1 is 1.38 bits per heavy atom. The molecule has 1 amide bonds. The van der Waals surface area contributed by atoms with Crippen molar-refractivity contribution in [3.05, 3.63) is 24.3 Å². The van der Waals surface area contributed by atoms with Gasteiger partial charge in [-0.3, -0.25) is 4.79 Å². The predicted octanol–water partition coefficient (Wildman–Crippen LogP) is 2.13. The molecule has 0 radical (unpaired) electrons. The molecule has 3 atom stereocenters. The van der Waals surface area contributed by atoms with E-state index in [1.54, 1.807) is 7.11 Å². The van der Waals surface area contributed by atoms with E-state index in [1.165, 1.54) is 0 Å². The summed E-state index contributed by atoms with van der Waals surface area (Å²) in [5.41, 5.74) is 0.879. The Labute approximate surface area is 126 Å². The molecular formula is C16H24N2O3. The summed E-state index contributed by atoms with van der Waals surface area (Å²) in [5, 5.41) is 3.23. The molecule has 0 saturated carbocycles. The van der Waals surface area contributed by atoms with E-state index >= 15 is 0 Å². The van der Waals surface area contributed by atoms with E-state index in [9.17, 15) is 4.79 Å². The van der Waals surface area contributed by atoms with E-state index in [4.69, 9.17) is 9.47 Å². The summed E-state index contributed by atoms with van der Waals surface area (Å²) in [5.74, 6) is 0.869. The maximum Gasteiger partial charge on any atom is 0.244 e. The highest BCUT2D eigenvalue weighted by molar-refractivity contribution is 5.84. The predicted molar refractivity (Wildman–Crippen MR) is 82.7 cm³/mol. The number of methoxy groups -OCH3 is 1. The molecule has 21 heavy (non-hydrogen) atoms. The first-order valence-corrected chi connectivity index (χ1v) is 7.34. The smallest absolute Gasteiger partial charge is 0.244 e. The summed E-state index contributed by atoms with van der Waals surface area (Å²) in [7, 11) is 1.63. The number of hydrogen-bond donors (Lipinski definition) is 1. The molecular weight excluding hydrogens is 268 g/mol. The van der Waals surface area contributed by atoms with Gasteiger partial charge in [-0.1, -0.05) is 6.07 Å². The van der Waals surface area contributed by atoms with Crippen molar-refractivity contribution in [2.24, 2.45) is 0 Å². The lowest BCUT2D eigenvalue weighted by atomic mass is 10.2. The molecule has 2 rings (SSSR count). The molecule has 0 aromatic heterocycles. The number of anilines is 1. The highest BCUT2D eigenvalue weighted by atomic mass is 16.5. The van der Waals surface area contributed by atoms with Crippen molar-refractivity contribution in [3.8, 4) is 5.75 Å². The quantitative estimate of drug-likeness (QED) is 0.923. The summed E-state index contributed by atoms with van der Waals surface area (Å²) >= 11 is 0. The van der Waals surface area contributed by atoms with Crippen molar-refractivity contribution in [2.45, 2.75) is 39.0 Å². The Morgan fingerprint density at radius 3 is 2.67 bits per heavy atom. The molecule has 5 nitrogen and oxygen atoms in total. The molecule has 0 spiro atoms. The Kier molecular flexibility index (Phi) is 5.07. The molecule has 5 heteroatoms. The number of benzene rings is 1. The van der Waals surface area contributed by atoms with Crippen molar-refractivity contribution in [3.63, 3.8) is 0 Å². The number of amides is 1. The minimum absolute atomic E-state index is 0.0849. The second kappa shape index (κ2) is 6.80. The highest BCUT2D eigenvalue weighted by Gasteiger charge is 2.28. The fourth-order valence-corrected chi connectivity index (χ4v) is 2.66. The summed E-state index contributed by atoms with van der Waals surface area (Å²) in [6.07, 6.45) is 0.170. The third-order valence-corrected chi connectivity index (χ3v) is 3.55. The zero-order valence-corrected chi connectivity index (χ0v) is 13.1. The lowest BCUT2D eigenvalue weighted by Gasteiger charge is -2.36. The molecule has 1 fully saturated rings. The molecule has 0 unspecified atom stereocenters. The van der Waals surface area contributed by atoms with Gasteiger partial charge < -0.3 is 19.7 Å². The largest absolute Gasteiger partial charge is 0.497 e. The number of nitrogens with zero attached hydrogens (tertiary/aromatic N) is 1. The zero-order chi connectivity index (χ0) is 15.4. The lowest BCUT2D eigenvalue weighted by molar-refractivity contribution is -0.143. The summed E-state index contributed by atoms with van der Waals surface area (Å²) in [6.45, 7) is 7.17. The van der Waals surface area contributed by atoms with Gasteiger partial charge in [-0.2, -0.15) is 0 Å². The van der Waals surface area contributed by atoms with Crippen LogP contribution >= 0.6 is 0 Å². The molecule has 1 aromatic carbocycles. The topological polar surface area (TPSA) is 50.8 Å². The number of morpholine rings is 1. The van der Waals surface area contributed by atoms with Gasteiger partial charge in [0.05, 0.1) is 19.3 Å². The first-order valence-electron chi connectivity index (χ1n) is 7.34. The van der Waals surface area contributed by atoms with Crippen LogP contribution in [-0.2, 0) is 9.53 Å². The van der Waals surface area contributed by atoms with Crippen LogP contribution in [0.5, 0.6) is 5.75 Å². The van der Waals surface area contributed by atoms with Gasteiger partial charge in [-0.15, -0.1) is 0 Å². The molecule has 1 aromatic rings. The minimum Gasteiger partial charge on any atom is -0.497 e. The molecule has 0 aliphatic carbocycles. The first kappa shape index (κ1) is 15.6. The van der Waals surface area contributed by atoms with Gasteiger partial charge in [0, 0.05) is 24.8 Å². The highest BCUT2D eigenvalue weighted by Crippen LogP contribution is 2.18. The van der Waals surface area contributed by atoms with Gasteiger partial charge in [-0.05, 0) is 32.9 Å². The van der Waals surface area contributed by atoms with Crippen LogP contribution < -0.4 is 10.1 Å². The third kappa shape index (κ3) is 4.11. The van der Waals surface area contributed by atoms with Crippen molar-refractivity contribution < 1.29 is 14.3 Å². The van der Waals surface area contributed by atoms with Crippen LogP contribution in [0.1, 0.15) is 20.8 Å². The number of nitrogens with one attached hydrogen (secondary N) is 1. The van der Waals surface area contributed by atoms with E-state index in [0.717, 1.165) is 11.4 Å². The van der Waals surface area contributed by atoms with Crippen LogP contribution in [0.3, 0.4) is 0 Å². The third-order valence-electron chi connectivity index (χ3n) is 3.55. The average Bonchev–Trinajstić information content (AvgIpc) is 2.45. The molecule has 1 heterocycles. The number of hydrogen-bond acceptors (Lipinski definition) is 4. The molecule has 116 valence electrons. The van der Waals surface area contributed by atoms with E-state index in [1.807, 2.05) is 49.9 Å². The van der Waals surface area contributed by atoms with Crippen molar-refractivity contribution >= 4 is 11.6 Å². The van der Waals surface area contributed by atoms with E-state index in [2.05, 4.69) is 5.32 Å². The molecule has 1 aliphatic rings. The fourth-order valence-electron chi connectivity index (χ4n) is 2.66. The Hall–Kier alpha value is -1.75. The fraction of sp³-hybridized carbons (Fsp3) is 0.562. The van der Waals surface area contributed by atoms with Crippen LogP contribution in [0.25, 0.3) is 0 Å². The number of carbonyl (C=O) groups is 1. The maximum atomic E-state index is 12.5. The number of rotatable bonds is 4. The molecule has 1 saturated heterocycles. The van der Waals surface area contributed by atoms with Crippen molar-refractivity contribution in [1.82, 2.24) is 4.90 Å². The van der Waals surface area contributed by atoms with Crippen LogP contribution in [0.4, 0.5) is 5.69 Å². The summed E-state index contributed by atoms with van der Waals surface area (Å²) in [4.78, 5) is 14.4. The maximum absolute atomic E-state index is 12.5. The standard InChI is InChI=1S/C16H24N2O3/c1-11-9-18(10-12(2)21-11)16(19)13(3)17-14-6-5-7-15(8-14)20-4/h5-8,11-13,17H,9-10H2,1-4H3/t11-,12-,13+/m0/s1. The lowest BCUT2D eigenvalue weighted by Crippen LogP contribution is -2.52. The average molecular weight is 292 g/mol. The second-order valence-corrected chi connectivity index (χ2v) is 5.60. The van der Waals surface area contributed by atoms with Gasteiger partial charge >= 0.3 is 0 Å². The van der Waals surface area contributed by atoms with E-state index in [-0.39, 0.29) is 24.2 Å². The zero-order valence-electron chi connectivity index (χ0n) is 13.1. The van der Waals surface area contributed by atoms with Crippen molar-refractivity contribution in [1.29, 1.82) is 0 Å². The van der Waals surface area contributed by atoms with Gasteiger partial charge in [0.2, 0.25) is 5.91 Å². The number of ether oxygens (including phenoxy) is 2. The van der Waals surface area contributed by atoms with Crippen LogP contribution in [0.2, 0.25) is 0 Å². The SMILES string of the molecule is COc1cccc(N[C@H](C)C(=O)N2C[C@H](C)O[C@@H](C)C2)c1. The van der Waals surface area contributed by atoms with E-state index in [0.29, 0.717) is 13.1 Å². The van der Waals surface area contributed by atoms with Crippen LogP contribution in [-0.4, -0.2) is 49.3 Å². The second-order valence-electron chi connectivity index (χ2n) is 5.60. The Morgan fingerprint density at radius 2 is 2.05 bits per heavy atom. The monoisotopic (exact) mass is 292 g/mol. The van der Waals surface area contributed by atoms with Gasteiger partial charge in [-0.25, -0.2) is 0 Å².